The minimum Gasteiger partial charge on any atom is -0.465 e. The average molecular weight is 590 g/mol. The average Bonchev–Trinajstić information content (AvgIpc) is 3.51. The van der Waals surface area contributed by atoms with Crippen LogP contribution in [0.15, 0.2) is 55.6 Å². The lowest BCUT2D eigenvalue weighted by molar-refractivity contribution is -0.156. The molecule has 206 valence electrons. The van der Waals surface area contributed by atoms with Gasteiger partial charge in [0.2, 0.25) is 11.8 Å². The third-order valence-corrected chi connectivity index (χ3v) is 8.78. The zero-order chi connectivity index (χ0) is 27.4. The fourth-order valence-corrected chi connectivity index (χ4v) is 7.23. The number of benzene rings is 1. The Morgan fingerprint density at radius 1 is 1.32 bits per heavy atom. The van der Waals surface area contributed by atoms with Crippen molar-refractivity contribution in [2.45, 2.75) is 61.2 Å². The fraction of sp³-hybridized carbons (Fsp3) is 0.552. The first kappa shape index (κ1) is 28.5. The second-order valence-electron chi connectivity index (χ2n) is 10.2. The molecule has 1 aromatic carbocycles. The van der Waals surface area contributed by atoms with E-state index in [0.29, 0.717) is 31.5 Å². The number of ether oxygens (including phenoxy) is 2. The molecule has 1 aromatic rings. The highest BCUT2D eigenvalue weighted by Crippen LogP contribution is 2.61. The van der Waals surface area contributed by atoms with Crippen LogP contribution in [0.4, 0.5) is 0 Å². The van der Waals surface area contributed by atoms with Crippen molar-refractivity contribution in [2.75, 3.05) is 26.3 Å². The number of aliphatic hydroxyl groups excluding tert-OH is 1. The van der Waals surface area contributed by atoms with Gasteiger partial charge in [-0.25, -0.2) is 0 Å². The summed E-state index contributed by atoms with van der Waals surface area (Å²) in [7, 11) is 0. The van der Waals surface area contributed by atoms with E-state index in [9.17, 15) is 19.5 Å². The molecule has 3 unspecified atom stereocenters. The Morgan fingerprint density at radius 3 is 2.68 bits per heavy atom. The number of rotatable bonds is 13. The number of halogens is 1. The number of carbonyl (C=O) groups excluding carboxylic acids is 3. The van der Waals surface area contributed by atoms with Gasteiger partial charge in [0.05, 0.1) is 37.2 Å². The number of nitrogens with zero attached hydrogens (tertiary/aromatic N) is 2. The number of amides is 2. The predicted molar refractivity (Wildman–Crippen MR) is 146 cm³/mol. The zero-order valence-corrected chi connectivity index (χ0v) is 23.4. The van der Waals surface area contributed by atoms with Gasteiger partial charge in [-0.15, -0.1) is 13.2 Å². The Labute approximate surface area is 232 Å². The molecule has 4 rings (SSSR count). The topological polar surface area (TPSA) is 96.4 Å². The summed E-state index contributed by atoms with van der Waals surface area (Å²) in [6.07, 6.45) is 5.31. The van der Waals surface area contributed by atoms with E-state index in [1.165, 1.54) is 4.90 Å². The quantitative estimate of drug-likeness (QED) is 0.164. The molecule has 0 aromatic heterocycles. The molecule has 3 heterocycles. The van der Waals surface area contributed by atoms with Crippen LogP contribution in [-0.2, 0) is 23.9 Å². The summed E-state index contributed by atoms with van der Waals surface area (Å²) in [6, 6.07) is 7.38. The summed E-state index contributed by atoms with van der Waals surface area (Å²) in [5.41, 5.74) is -0.514. The van der Waals surface area contributed by atoms with Crippen molar-refractivity contribution in [3.8, 4) is 0 Å². The van der Waals surface area contributed by atoms with Crippen LogP contribution in [0, 0.1) is 11.8 Å². The number of esters is 1. The summed E-state index contributed by atoms with van der Waals surface area (Å²) in [5.74, 6) is -2.88. The van der Waals surface area contributed by atoms with Gasteiger partial charge >= 0.3 is 5.97 Å². The van der Waals surface area contributed by atoms with E-state index in [1.54, 1.807) is 17.1 Å². The first-order valence-corrected chi connectivity index (χ1v) is 14.2. The molecule has 3 aliphatic heterocycles. The minimum absolute atomic E-state index is 0.159. The summed E-state index contributed by atoms with van der Waals surface area (Å²) in [5, 5.41) is 10.6. The maximum absolute atomic E-state index is 14.3. The number of alkyl halides is 1. The standard InChI is InChI=1S/C29H37BrN2O6/c1-4-7-15-31(14-6-3)27(35)25-29-17-20(30)24(38-29)22(28(36)37-16-8-5-2)23(29)26(34)32(25)21(18-33)19-12-10-9-11-13-19/h5-6,9-13,20-25,33H,2-4,7-8,14-18H2,1H3/t20?,21-,22+,23+,24+,25?,29?/m1/s1. The first-order chi connectivity index (χ1) is 18.4. The van der Waals surface area contributed by atoms with E-state index in [1.807, 2.05) is 37.3 Å². The van der Waals surface area contributed by atoms with Gasteiger partial charge in [-0.2, -0.15) is 0 Å². The van der Waals surface area contributed by atoms with Crippen LogP contribution < -0.4 is 0 Å². The second kappa shape index (κ2) is 12.1. The first-order valence-electron chi connectivity index (χ1n) is 13.3. The Bertz CT molecular complexity index is 1050. The highest BCUT2D eigenvalue weighted by molar-refractivity contribution is 9.09. The Balaban J connectivity index is 1.80. The Kier molecular flexibility index (Phi) is 9.11. The van der Waals surface area contributed by atoms with Crippen LogP contribution in [0.1, 0.15) is 44.2 Å². The number of hydrogen-bond acceptors (Lipinski definition) is 6. The molecule has 1 N–H and O–H groups in total. The van der Waals surface area contributed by atoms with Crippen molar-refractivity contribution in [2.24, 2.45) is 11.8 Å². The van der Waals surface area contributed by atoms with E-state index >= 15 is 0 Å². The molecule has 0 aliphatic carbocycles. The Hall–Kier alpha value is -2.49. The zero-order valence-electron chi connectivity index (χ0n) is 21.8. The molecule has 9 heteroatoms. The number of fused-ring (bicyclic) bond motifs is 1. The summed E-state index contributed by atoms with van der Waals surface area (Å²) in [4.78, 5) is 44.9. The third kappa shape index (κ3) is 4.84. The lowest BCUT2D eigenvalue weighted by atomic mass is 9.70. The molecular formula is C29H37BrN2O6. The molecule has 2 bridgehead atoms. The molecule has 7 atom stereocenters. The number of unbranched alkanes of at least 4 members (excludes halogenated alkanes) is 1. The van der Waals surface area contributed by atoms with E-state index in [0.717, 1.165) is 12.8 Å². The van der Waals surface area contributed by atoms with Crippen LogP contribution >= 0.6 is 15.9 Å². The number of hydrogen-bond donors (Lipinski definition) is 1. The molecule has 8 nitrogen and oxygen atoms in total. The summed E-state index contributed by atoms with van der Waals surface area (Å²) in [6.45, 7) is 10.1. The van der Waals surface area contributed by atoms with Crippen molar-refractivity contribution in [3.63, 3.8) is 0 Å². The van der Waals surface area contributed by atoms with Gasteiger partial charge in [0, 0.05) is 17.9 Å². The predicted octanol–water partition coefficient (Wildman–Crippen LogP) is 3.40. The lowest BCUT2D eigenvalue weighted by Crippen LogP contribution is -2.57. The van der Waals surface area contributed by atoms with Crippen molar-refractivity contribution in [1.29, 1.82) is 0 Å². The smallest absolute Gasteiger partial charge is 0.312 e. The van der Waals surface area contributed by atoms with Crippen LogP contribution in [-0.4, -0.2) is 81.6 Å². The largest absolute Gasteiger partial charge is 0.465 e. The normalized spacial score (nSPS) is 30.1. The highest BCUT2D eigenvalue weighted by Gasteiger charge is 2.77. The number of carbonyl (C=O) groups is 3. The van der Waals surface area contributed by atoms with E-state index in [-0.39, 0.29) is 29.9 Å². The lowest BCUT2D eigenvalue weighted by Gasteiger charge is -2.39. The molecule has 0 radical (unpaired) electrons. The summed E-state index contributed by atoms with van der Waals surface area (Å²) < 4.78 is 12.1. The SMILES string of the molecule is C=CCCOC(=O)[C@H]1[C@H]2C(=O)N([C@H](CO)c3ccccc3)C(C(=O)N(CC=C)CCCC)C23CC(Br)[C@@H]1O3. The molecule has 3 saturated heterocycles. The maximum atomic E-state index is 14.3. The molecule has 3 fully saturated rings. The van der Waals surface area contributed by atoms with Gasteiger partial charge in [0.15, 0.2) is 0 Å². The van der Waals surface area contributed by atoms with Gasteiger partial charge in [-0.05, 0) is 24.8 Å². The highest BCUT2D eigenvalue weighted by atomic mass is 79.9. The van der Waals surface area contributed by atoms with E-state index in [4.69, 9.17) is 9.47 Å². The number of aliphatic hydroxyl groups is 1. The molecule has 1 spiro atoms. The molecule has 0 saturated carbocycles. The van der Waals surface area contributed by atoms with Gasteiger partial charge in [-0.3, -0.25) is 14.4 Å². The van der Waals surface area contributed by atoms with Crippen molar-refractivity contribution in [1.82, 2.24) is 9.80 Å². The third-order valence-electron chi connectivity index (χ3n) is 7.94. The molecule has 38 heavy (non-hydrogen) atoms. The van der Waals surface area contributed by atoms with E-state index in [2.05, 4.69) is 29.1 Å². The summed E-state index contributed by atoms with van der Waals surface area (Å²) >= 11 is 3.67. The van der Waals surface area contributed by atoms with Gasteiger partial charge in [0.1, 0.15) is 11.6 Å². The van der Waals surface area contributed by atoms with Crippen molar-refractivity contribution in [3.05, 3.63) is 61.2 Å². The Morgan fingerprint density at radius 2 is 2.05 bits per heavy atom. The molecule has 3 aliphatic rings. The monoisotopic (exact) mass is 588 g/mol. The fourth-order valence-electron chi connectivity index (χ4n) is 6.29. The van der Waals surface area contributed by atoms with Crippen molar-refractivity contribution < 1.29 is 29.0 Å². The van der Waals surface area contributed by atoms with Crippen LogP contribution in [0.25, 0.3) is 0 Å². The van der Waals surface area contributed by atoms with Gasteiger partial charge in [-0.1, -0.05) is 71.8 Å². The van der Waals surface area contributed by atoms with Crippen molar-refractivity contribution >= 4 is 33.7 Å². The number of likely N-dealkylation sites (tertiary alicyclic amines) is 1. The second-order valence-corrected chi connectivity index (χ2v) is 11.4. The molecule has 2 amide bonds. The van der Waals surface area contributed by atoms with E-state index < -0.39 is 41.6 Å². The minimum atomic E-state index is -1.22. The van der Waals surface area contributed by atoms with Crippen LogP contribution in [0.2, 0.25) is 0 Å². The van der Waals surface area contributed by atoms with Gasteiger partial charge in [0.25, 0.3) is 0 Å². The molecular weight excluding hydrogens is 552 g/mol. The van der Waals surface area contributed by atoms with Gasteiger partial charge < -0.3 is 24.4 Å². The maximum Gasteiger partial charge on any atom is 0.312 e. The van der Waals surface area contributed by atoms with Crippen LogP contribution in [0.5, 0.6) is 0 Å². The van der Waals surface area contributed by atoms with Crippen LogP contribution in [0.3, 0.4) is 0 Å².